The summed E-state index contributed by atoms with van der Waals surface area (Å²) in [4.78, 5) is 0. The molecule has 0 N–H and O–H groups in total. The van der Waals surface area contributed by atoms with E-state index in [0.717, 1.165) is 0 Å². The third kappa shape index (κ3) is 1.61. The van der Waals surface area contributed by atoms with Crippen LogP contribution in [0.4, 0.5) is 0 Å². The highest BCUT2D eigenvalue weighted by molar-refractivity contribution is 6.33. The van der Waals surface area contributed by atoms with Gasteiger partial charge in [0.05, 0.1) is 30.9 Å². The van der Waals surface area contributed by atoms with Crippen molar-refractivity contribution in [3.63, 3.8) is 0 Å². The predicted octanol–water partition coefficient (Wildman–Crippen LogP) is 2.54. The largest absolute Gasteiger partial charge is 0.493 e. The zero-order chi connectivity index (χ0) is 10.7. The molecule has 0 fully saturated rings. The van der Waals surface area contributed by atoms with Crippen molar-refractivity contribution >= 4 is 11.6 Å². The van der Waals surface area contributed by atoms with E-state index in [9.17, 15) is 0 Å². The van der Waals surface area contributed by atoms with E-state index in [1.165, 1.54) is 14.2 Å². The van der Waals surface area contributed by atoms with Crippen LogP contribution in [0.3, 0.4) is 0 Å². The molecule has 4 heteroatoms. The number of benzene rings is 1. The molecule has 0 heterocycles. The van der Waals surface area contributed by atoms with Crippen LogP contribution in [0.2, 0.25) is 5.02 Å². The van der Waals surface area contributed by atoms with E-state index < -0.39 is 0 Å². The van der Waals surface area contributed by atoms with Gasteiger partial charge in [0, 0.05) is 6.07 Å². The van der Waals surface area contributed by atoms with Crippen molar-refractivity contribution in [2.75, 3.05) is 14.2 Å². The van der Waals surface area contributed by atoms with Gasteiger partial charge in [0.1, 0.15) is 0 Å². The second-order valence-electron chi connectivity index (χ2n) is 2.71. The molecule has 1 aromatic carbocycles. The smallest absolute Gasteiger partial charge is 0.179 e. The summed E-state index contributed by atoms with van der Waals surface area (Å²) in [5.74, 6) is 0.935. The minimum Gasteiger partial charge on any atom is -0.493 e. The molecule has 0 aliphatic heterocycles. The van der Waals surface area contributed by atoms with E-state index in [0.29, 0.717) is 27.6 Å². The standard InChI is InChI=1S/C10H10ClNO2/c1-6-7(5-12)4-8(13-2)10(14-3)9(6)11/h4H,1-3H3. The number of ether oxygens (including phenoxy) is 2. The Balaban J connectivity index is 3.48. The normalized spacial score (nSPS) is 9.36. The Morgan fingerprint density at radius 1 is 1.36 bits per heavy atom. The van der Waals surface area contributed by atoms with Gasteiger partial charge in [0.15, 0.2) is 11.5 Å². The molecule has 0 unspecified atom stereocenters. The average molecular weight is 212 g/mol. The van der Waals surface area contributed by atoms with Crippen LogP contribution in [0.5, 0.6) is 11.5 Å². The van der Waals surface area contributed by atoms with E-state index in [4.69, 9.17) is 26.3 Å². The molecule has 74 valence electrons. The lowest BCUT2D eigenvalue weighted by Crippen LogP contribution is -1.95. The van der Waals surface area contributed by atoms with Crippen LogP contribution in [0, 0.1) is 18.3 Å². The average Bonchev–Trinajstić information content (AvgIpc) is 2.21. The Kier molecular flexibility index (Phi) is 3.21. The maximum absolute atomic E-state index is 8.82. The van der Waals surface area contributed by atoms with Crippen LogP contribution in [-0.2, 0) is 0 Å². The third-order valence-electron chi connectivity index (χ3n) is 1.98. The van der Waals surface area contributed by atoms with Gasteiger partial charge >= 0.3 is 0 Å². The molecular weight excluding hydrogens is 202 g/mol. The van der Waals surface area contributed by atoms with E-state index in [2.05, 4.69) is 0 Å². The molecule has 0 aromatic heterocycles. The molecule has 0 aliphatic carbocycles. The summed E-state index contributed by atoms with van der Waals surface area (Å²) in [6, 6.07) is 3.65. The molecule has 0 bridgehead atoms. The number of nitrogens with zero attached hydrogens (tertiary/aromatic N) is 1. The van der Waals surface area contributed by atoms with Crippen LogP contribution >= 0.6 is 11.6 Å². The monoisotopic (exact) mass is 211 g/mol. The predicted molar refractivity (Wildman–Crippen MR) is 54.0 cm³/mol. The van der Waals surface area contributed by atoms with Crippen molar-refractivity contribution in [2.24, 2.45) is 0 Å². The third-order valence-corrected chi connectivity index (χ3v) is 2.43. The molecule has 0 radical (unpaired) electrons. The Morgan fingerprint density at radius 2 is 2.00 bits per heavy atom. The molecule has 0 amide bonds. The van der Waals surface area contributed by atoms with Crippen molar-refractivity contribution in [1.29, 1.82) is 5.26 Å². The number of halogens is 1. The molecule has 3 nitrogen and oxygen atoms in total. The fourth-order valence-electron chi connectivity index (χ4n) is 1.16. The number of methoxy groups -OCH3 is 2. The molecule has 14 heavy (non-hydrogen) atoms. The van der Waals surface area contributed by atoms with Gasteiger partial charge in [-0.1, -0.05) is 11.6 Å². The second kappa shape index (κ2) is 4.21. The Bertz CT molecular complexity index is 396. The summed E-state index contributed by atoms with van der Waals surface area (Å²) < 4.78 is 10.1. The lowest BCUT2D eigenvalue weighted by atomic mass is 10.1. The Morgan fingerprint density at radius 3 is 2.43 bits per heavy atom. The van der Waals surface area contributed by atoms with Gasteiger partial charge in [-0.05, 0) is 12.5 Å². The van der Waals surface area contributed by atoms with Gasteiger partial charge in [0.25, 0.3) is 0 Å². The van der Waals surface area contributed by atoms with Crippen molar-refractivity contribution in [3.8, 4) is 17.6 Å². The molecule has 1 rings (SSSR count). The lowest BCUT2D eigenvalue weighted by Gasteiger charge is -2.11. The van der Waals surface area contributed by atoms with Gasteiger partial charge in [-0.2, -0.15) is 5.26 Å². The maximum atomic E-state index is 8.82. The van der Waals surface area contributed by atoms with Gasteiger partial charge < -0.3 is 9.47 Å². The summed E-state index contributed by atoms with van der Waals surface area (Å²) in [6.07, 6.45) is 0. The van der Waals surface area contributed by atoms with Gasteiger partial charge in [-0.25, -0.2) is 0 Å². The van der Waals surface area contributed by atoms with Crippen LogP contribution in [-0.4, -0.2) is 14.2 Å². The number of hydrogen-bond acceptors (Lipinski definition) is 3. The van der Waals surface area contributed by atoms with Crippen molar-refractivity contribution in [3.05, 3.63) is 22.2 Å². The molecule has 0 aliphatic rings. The topological polar surface area (TPSA) is 42.2 Å². The van der Waals surface area contributed by atoms with Crippen LogP contribution < -0.4 is 9.47 Å². The Labute approximate surface area is 87.8 Å². The van der Waals surface area contributed by atoms with Crippen LogP contribution in [0.1, 0.15) is 11.1 Å². The summed E-state index contributed by atoms with van der Waals surface area (Å²) in [6.45, 7) is 1.77. The van der Waals surface area contributed by atoms with Crippen LogP contribution in [0.25, 0.3) is 0 Å². The summed E-state index contributed by atoms with van der Waals surface area (Å²) in [5.41, 5.74) is 1.19. The molecule has 1 aromatic rings. The minimum atomic E-state index is 0.420. The van der Waals surface area contributed by atoms with Crippen molar-refractivity contribution < 1.29 is 9.47 Å². The lowest BCUT2D eigenvalue weighted by molar-refractivity contribution is 0.355. The molecule has 0 saturated heterocycles. The fourth-order valence-corrected chi connectivity index (χ4v) is 1.43. The zero-order valence-electron chi connectivity index (χ0n) is 8.22. The first-order valence-corrected chi connectivity index (χ1v) is 4.34. The second-order valence-corrected chi connectivity index (χ2v) is 3.09. The fraction of sp³-hybridized carbons (Fsp3) is 0.300. The van der Waals surface area contributed by atoms with Gasteiger partial charge in [-0.3, -0.25) is 0 Å². The first kappa shape index (κ1) is 10.7. The molecule has 0 saturated carbocycles. The van der Waals surface area contributed by atoms with E-state index >= 15 is 0 Å². The molecule has 0 atom stereocenters. The molecule has 0 spiro atoms. The van der Waals surface area contributed by atoms with Gasteiger partial charge in [-0.15, -0.1) is 0 Å². The van der Waals surface area contributed by atoms with Crippen LogP contribution in [0.15, 0.2) is 6.07 Å². The summed E-state index contributed by atoms with van der Waals surface area (Å²) >= 11 is 6.01. The number of nitriles is 1. The first-order chi connectivity index (χ1) is 6.65. The Hall–Kier alpha value is -1.40. The highest BCUT2D eigenvalue weighted by Crippen LogP contribution is 2.38. The van der Waals surface area contributed by atoms with E-state index in [1.807, 2.05) is 6.07 Å². The summed E-state index contributed by atoms with van der Waals surface area (Å²) in [7, 11) is 3.01. The van der Waals surface area contributed by atoms with E-state index in [1.54, 1.807) is 13.0 Å². The van der Waals surface area contributed by atoms with Crippen molar-refractivity contribution in [2.45, 2.75) is 6.92 Å². The maximum Gasteiger partial charge on any atom is 0.179 e. The zero-order valence-corrected chi connectivity index (χ0v) is 8.97. The highest BCUT2D eigenvalue weighted by atomic mass is 35.5. The minimum absolute atomic E-state index is 0.420. The number of hydrogen-bond donors (Lipinski definition) is 0. The van der Waals surface area contributed by atoms with Crippen molar-refractivity contribution in [1.82, 2.24) is 0 Å². The number of rotatable bonds is 2. The summed E-state index contributed by atoms with van der Waals surface area (Å²) in [5, 5.41) is 9.24. The van der Waals surface area contributed by atoms with E-state index in [-0.39, 0.29) is 0 Å². The highest BCUT2D eigenvalue weighted by Gasteiger charge is 2.14. The van der Waals surface area contributed by atoms with Gasteiger partial charge in [0.2, 0.25) is 0 Å². The molecular formula is C10H10ClNO2. The SMILES string of the molecule is COc1cc(C#N)c(C)c(Cl)c1OC. The first-order valence-electron chi connectivity index (χ1n) is 3.96. The quantitative estimate of drug-likeness (QED) is 0.755.